The van der Waals surface area contributed by atoms with Gasteiger partial charge in [-0.25, -0.2) is 0 Å². The number of nitrogens with zero attached hydrogens (tertiary/aromatic N) is 2. The number of aryl methyl sites for hydroxylation is 1. The Bertz CT molecular complexity index is 347. The molecule has 0 aliphatic heterocycles. The third kappa shape index (κ3) is 2.91. The Morgan fingerprint density at radius 2 is 2.13 bits per heavy atom. The molecule has 1 atom stereocenters. The van der Waals surface area contributed by atoms with Crippen LogP contribution in [0.4, 0.5) is 0 Å². The number of rotatable bonds is 3. The molecule has 0 radical (unpaired) electrons. The van der Waals surface area contributed by atoms with Crippen molar-refractivity contribution in [2.45, 2.75) is 34.1 Å². The van der Waals surface area contributed by atoms with Crippen LogP contribution in [0.5, 0.6) is 0 Å². The molecular weight excluding hydrogens is 188 g/mol. The highest BCUT2D eigenvalue weighted by Crippen LogP contribution is 2.28. The lowest BCUT2D eigenvalue weighted by Gasteiger charge is -2.26. The molecule has 0 amide bonds. The monoisotopic (exact) mass is 208 g/mol. The first-order valence-corrected chi connectivity index (χ1v) is 5.33. The summed E-state index contributed by atoms with van der Waals surface area (Å²) in [6.45, 7) is 8.60. The van der Waals surface area contributed by atoms with Crippen LogP contribution in [0, 0.1) is 11.3 Å². The largest absolute Gasteiger partial charge is 0.292 e. The molecule has 1 aromatic heterocycles. The van der Waals surface area contributed by atoms with Gasteiger partial charge >= 0.3 is 0 Å². The van der Waals surface area contributed by atoms with Gasteiger partial charge in [0.25, 0.3) is 0 Å². The number of hydrogen-bond donors (Lipinski definition) is 0. The van der Waals surface area contributed by atoms with Gasteiger partial charge in [-0.2, -0.15) is 5.10 Å². The van der Waals surface area contributed by atoms with E-state index in [1.54, 1.807) is 24.0 Å². The minimum Gasteiger partial charge on any atom is -0.292 e. The molecule has 1 unspecified atom stereocenters. The SMILES string of the molecule is CC(CC(=O)c1ccnn1C)C(C)(C)C. The molecule has 84 valence electrons. The Balaban J connectivity index is 2.69. The van der Waals surface area contributed by atoms with E-state index in [9.17, 15) is 4.79 Å². The fraction of sp³-hybridized carbons (Fsp3) is 0.667. The fourth-order valence-electron chi connectivity index (χ4n) is 1.34. The van der Waals surface area contributed by atoms with Crippen molar-refractivity contribution in [2.24, 2.45) is 18.4 Å². The number of Topliss-reactive ketones (excluding diaryl/α,β-unsaturated/α-hetero) is 1. The summed E-state index contributed by atoms with van der Waals surface area (Å²) >= 11 is 0. The highest BCUT2D eigenvalue weighted by atomic mass is 16.1. The maximum Gasteiger partial charge on any atom is 0.181 e. The van der Waals surface area contributed by atoms with Crippen LogP contribution in [0.2, 0.25) is 0 Å². The van der Waals surface area contributed by atoms with E-state index >= 15 is 0 Å². The minimum atomic E-state index is 0.175. The van der Waals surface area contributed by atoms with Gasteiger partial charge in [-0.05, 0) is 17.4 Å². The van der Waals surface area contributed by atoms with Crippen LogP contribution >= 0.6 is 0 Å². The van der Waals surface area contributed by atoms with E-state index in [1.165, 1.54) is 0 Å². The number of aromatic nitrogens is 2. The van der Waals surface area contributed by atoms with E-state index in [4.69, 9.17) is 0 Å². The number of carbonyl (C=O) groups excluding carboxylic acids is 1. The van der Waals surface area contributed by atoms with Crippen molar-refractivity contribution in [1.29, 1.82) is 0 Å². The van der Waals surface area contributed by atoms with E-state index in [0.29, 0.717) is 18.0 Å². The summed E-state index contributed by atoms with van der Waals surface area (Å²) in [6, 6.07) is 1.78. The summed E-state index contributed by atoms with van der Waals surface area (Å²) in [5.41, 5.74) is 0.875. The van der Waals surface area contributed by atoms with Crippen LogP contribution in [0.25, 0.3) is 0 Å². The summed E-state index contributed by atoms with van der Waals surface area (Å²) in [5.74, 6) is 0.553. The van der Waals surface area contributed by atoms with E-state index in [-0.39, 0.29) is 11.2 Å². The molecule has 0 aliphatic rings. The van der Waals surface area contributed by atoms with Crippen molar-refractivity contribution >= 4 is 5.78 Å². The minimum absolute atomic E-state index is 0.175. The van der Waals surface area contributed by atoms with E-state index < -0.39 is 0 Å². The van der Waals surface area contributed by atoms with Crippen molar-refractivity contribution in [2.75, 3.05) is 0 Å². The van der Waals surface area contributed by atoms with E-state index in [1.807, 2.05) is 0 Å². The maximum atomic E-state index is 11.9. The van der Waals surface area contributed by atoms with E-state index in [2.05, 4.69) is 32.8 Å². The van der Waals surface area contributed by atoms with Crippen LogP contribution in [-0.4, -0.2) is 15.6 Å². The van der Waals surface area contributed by atoms with Gasteiger partial charge in [-0.15, -0.1) is 0 Å². The van der Waals surface area contributed by atoms with Crippen LogP contribution in [0.1, 0.15) is 44.6 Å². The van der Waals surface area contributed by atoms with Crippen LogP contribution in [0.15, 0.2) is 12.3 Å². The molecule has 0 saturated carbocycles. The van der Waals surface area contributed by atoms with Gasteiger partial charge in [0, 0.05) is 19.7 Å². The normalized spacial score (nSPS) is 13.9. The molecular formula is C12H20N2O. The summed E-state index contributed by atoms with van der Waals surface area (Å²) in [5, 5.41) is 4.00. The van der Waals surface area contributed by atoms with Crippen molar-refractivity contribution < 1.29 is 4.79 Å². The molecule has 1 rings (SSSR count). The fourth-order valence-corrected chi connectivity index (χ4v) is 1.34. The molecule has 3 heteroatoms. The van der Waals surface area contributed by atoms with Gasteiger partial charge in [0.2, 0.25) is 0 Å². The number of carbonyl (C=O) groups is 1. The van der Waals surface area contributed by atoms with Gasteiger partial charge in [-0.1, -0.05) is 27.7 Å². The summed E-state index contributed by atoms with van der Waals surface area (Å²) < 4.78 is 1.64. The number of ketones is 1. The van der Waals surface area contributed by atoms with Crippen molar-refractivity contribution in [1.82, 2.24) is 9.78 Å². The molecule has 0 aromatic carbocycles. The number of hydrogen-bond acceptors (Lipinski definition) is 2. The highest BCUT2D eigenvalue weighted by molar-refractivity contribution is 5.94. The zero-order valence-electron chi connectivity index (χ0n) is 10.2. The molecule has 1 heterocycles. The molecule has 0 bridgehead atoms. The first-order chi connectivity index (χ1) is 6.82. The quantitative estimate of drug-likeness (QED) is 0.716. The van der Waals surface area contributed by atoms with Gasteiger partial charge in [-0.3, -0.25) is 9.48 Å². The predicted molar refractivity (Wildman–Crippen MR) is 60.8 cm³/mol. The molecule has 15 heavy (non-hydrogen) atoms. The van der Waals surface area contributed by atoms with Crippen molar-refractivity contribution in [3.8, 4) is 0 Å². The second-order valence-corrected chi connectivity index (χ2v) is 5.23. The van der Waals surface area contributed by atoms with Crippen LogP contribution < -0.4 is 0 Å². The van der Waals surface area contributed by atoms with Gasteiger partial charge in [0.05, 0.1) is 0 Å². The maximum absolute atomic E-state index is 11.9. The summed E-state index contributed by atoms with van der Waals surface area (Å²) in [4.78, 5) is 11.9. The van der Waals surface area contributed by atoms with Gasteiger partial charge < -0.3 is 0 Å². The molecule has 0 aliphatic carbocycles. The predicted octanol–water partition coefficient (Wildman–Crippen LogP) is 2.68. The second-order valence-electron chi connectivity index (χ2n) is 5.23. The lowest BCUT2D eigenvalue weighted by molar-refractivity contribution is 0.0918. The molecule has 0 spiro atoms. The average Bonchev–Trinajstić information content (AvgIpc) is 2.49. The molecule has 0 fully saturated rings. The smallest absolute Gasteiger partial charge is 0.181 e. The average molecular weight is 208 g/mol. The summed E-state index contributed by atoms with van der Waals surface area (Å²) in [7, 11) is 1.80. The zero-order valence-corrected chi connectivity index (χ0v) is 10.2. The second kappa shape index (κ2) is 4.17. The van der Waals surface area contributed by atoms with E-state index in [0.717, 1.165) is 0 Å². The standard InChI is InChI=1S/C12H20N2O/c1-9(12(2,3)4)8-11(15)10-6-7-13-14(10)5/h6-7,9H,8H2,1-5H3. The molecule has 0 N–H and O–H groups in total. The first kappa shape index (κ1) is 12.0. The topological polar surface area (TPSA) is 34.9 Å². The Labute approximate surface area is 91.5 Å². The lowest BCUT2D eigenvalue weighted by atomic mass is 9.79. The van der Waals surface area contributed by atoms with Crippen molar-refractivity contribution in [3.05, 3.63) is 18.0 Å². The molecule has 1 aromatic rings. The lowest BCUT2D eigenvalue weighted by Crippen LogP contribution is -2.21. The van der Waals surface area contributed by atoms with Gasteiger partial charge in [0.1, 0.15) is 5.69 Å². The highest BCUT2D eigenvalue weighted by Gasteiger charge is 2.23. The van der Waals surface area contributed by atoms with Crippen LogP contribution in [0.3, 0.4) is 0 Å². The molecule has 0 saturated heterocycles. The van der Waals surface area contributed by atoms with Crippen molar-refractivity contribution in [3.63, 3.8) is 0 Å². The Morgan fingerprint density at radius 1 is 1.53 bits per heavy atom. The van der Waals surface area contributed by atoms with Gasteiger partial charge in [0.15, 0.2) is 5.78 Å². The third-order valence-electron chi connectivity index (χ3n) is 3.08. The summed E-state index contributed by atoms with van der Waals surface area (Å²) in [6.07, 6.45) is 2.25. The van der Waals surface area contributed by atoms with Crippen LogP contribution in [-0.2, 0) is 7.05 Å². The Hall–Kier alpha value is -1.12. The first-order valence-electron chi connectivity index (χ1n) is 5.33. The third-order valence-corrected chi connectivity index (χ3v) is 3.08. The molecule has 3 nitrogen and oxygen atoms in total. The zero-order chi connectivity index (χ0) is 11.6. The Kier molecular flexibility index (Phi) is 3.32. The Morgan fingerprint density at radius 3 is 2.53 bits per heavy atom.